The first kappa shape index (κ1) is 14.9. The fourth-order valence-electron chi connectivity index (χ4n) is 1.58. The Balaban J connectivity index is 2.54. The molecular formula is C13H17IN2O2. The van der Waals surface area contributed by atoms with Crippen LogP contribution in [0.15, 0.2) is 24.3 Å². The molecule has 98 valence electrons. The Hall–Kier alpha value is -1.11. The lowest BCUT2D eigenvalue weighted by Crippen LogP contribution is -2.40. The van der Waals surface area contributed by atoms with Crippen LogP contribution < -0.4 is 5.32 Å². The molecule has 0 fully saturated rings. The largest absolute Gasteiger partial charge is 0.343 e. The molecule has 0 aliphatic rings. The standard InChI is InChI=1S/C13H17IN2O2/c1-3-16(4-2)12(17)9-15-13(18)10-6-5-7-11(14)8-10/h5-8H,3-4,9H2,1-2H3,(H,15,18). The number of hydrogen-bond donors (Lipinski definition) is 1. The SMILES string of the molecule is CCN(CC)C(=O)CNC(=O)c1cccc(I)c1. The van der Waals surface area contributed by atoms with Crippen LogP contribution in [0.4, 0.5) is 0 Å². The van der Waals surface area contributed by atoms with Gasteiger partial charge in [0.2, 0.25) is 5.91 Å². The molecule has 0 aromatic heterocycles. The molecule has 0 atom stereocenters. The molecule has 0 saturated carbocycles. The van der Waals surface area contributed by atoms with Gasteiger partial charge in [-0.2, -0.15) is 0 Å². The van der Waals surface area contributed by atoms with Gasteiger partial charge in [-0.25, -0.2) is 0 Å². The Labute approximate surface area is 121 Å². The summed E-state index contributed by atoms with van der Waals surface area (Å²) in [6.07, 6.45) is 0. The summed E-state index contributed by atoms with van der Waals surface area (Å²) in [5.41, 5.74) is 0.578. The molecule has 0 bridgehead atoms. The van der Waals surface area contributed by atoms with Crippen molar-refractivity contribution in [2.75, 3.05) is 19.6 Å². The van der Waals surface area contributed by atoms with Gasteiger partial charge in [0.05, 0.1) is 6.54 Å². The number of rotatable bonds is 5. The van der Waals surface area contributed by atoms with Gasteiger partial charge in [0.25, 0.3) is 5.91 Å². The third-order valence-electron chi connectivity index (χ3n) is 2.60. The number of halogens is 1. The second-order valence-electron chi connectivity index (χ2n) is 3.76. The van der Waals surface area contributed by atoms with Gasteiger partial charge in [0, 0.05) is 22.2 Å². The monoisotopic (exact) mass is 360 g/mol. The molecule has 1 rings (SSSR count). The summed E-state index contributed by atoms with van der Waals surface area (Å²) in [6, 6.07) is 7.26. The van der Waals surface area contributed by atoms with Crippen LogP contribution >= 0.6 is 22.6 Å². The molecular weight excluding hydrogens is 343 g/mol. The highest BCUT2D eigenvalue weighted by molar-refractivity contribution is 14.1. The molecule has 5 heteroatoms. The van der Waals surface area contributed by atoms with Gasteiger partial charge in [-0.05, 0) is 54.6 Å². The van der Waals surface area contributed by atoms with E-state index < -0.39 is 0 Å². The van der Waals surface area contributed by atoms with E-state index in [1.54, 1.807) is 17.0 Å². The third kappa shape index (κ3) is 4.29. The van der Waals surface area contributed by atoms with Crippen molar-refractivity contribution in [3.05, 3.63) is 33.4 Å². The van der Waals surface area contributed by atoms with E-state index in [2.05, 4.69) is 27.9 Å². The lowest BCUT2D eigenvalue weighted by atomic mass is 10.2. The molecule has 0 spiro atoms. The van der Waals surface area contributed by atoms with Crippen molar-refractivity contribution in [2.24, 2.45) is 0 Å². The van der Waals surface area contributed by atoms with Crippen molar-refractivity contribution < 1.29 is 9.59 Å². The lowest BCUT2D eigenvalue weighted by Gasteiger charge is -2.18. The summed E-state index contributed by atoms with van der Waals surface area (Å²) in [7, 11) is 0. The lowest BCUT2D eigenvalue weighted by molar-refractivity contribution is -0.129. The summed E-state index contributed by atoms with van der Waals surface area (Å²) < 4.78 is 0.996. The summed E-state index contributed by atoms with van der Waals surface area (Å²) in [5.74, 6) is -0.270. The quantitative estimate of drug-likeness (QED) is 0.816. The Morgan fingerprint density at radius 3 is 2.50 bits per heavy atom. The molecule has 0 heterocycles. The molecule has 1 aromatic carbocycles. The van der Waals surface area contributed by atoms with Crippen LogP contribution in [0.1, 0.15) is 24.2 Å². The minimum absolute atomic E-state index is 0.0476. The number of amides is 2. The zero-order chi connectivity index (χ0) is 13.5. The van der Waals surface area contributed by atoms with Crippen molar-refractivity contribution in [3.8, 4) is 0 Å². The van der Waals surface area contributed by atoms with E-state index in [-0.39, 0.29) is 18.4 Å². The zero-order valence-electron chi connectivity index (χ0n) is 10.6. The van der Waals surface area contributed by atoms with Gasteiger partial charge in [-0.15, -0.1) is 0 Å². The van der Waals surface area contributed by atoms with Gasteiger partial charge < -0.3 is 10.2 Å². The summed E-state index contributed by atoms with van der Waals surface area (Å²) >= 11 is 2.15. The normalized spacial score (nSPS) is 9.94. The maximum atomic E-state index is 11.8. The Morgan fingerprint density at radius 2 is 1.94 bits per heavy atom. The number of nitrogens with one attached hydrogen (secondary N) is 1. The Bertz CT molecular complexity index is 431. The van der Waals surface area contributed by atoms with Crippen LogP contribution in [-0.4, -0.2) is 36.3 Å². The number of carbonyl (C=O) groups excluding carboxylic acids is 2. The average Bonchev–Trinajstić information content (AvgIpc) is 2.37. The summed E-state index contributed by atoms with van der Waals surface area (Å²) in [5, 5.41) is 2.64. The fraction of sp³-hybridized carbons (Fsp3) is 0.385. The molecule has 1 aromatic rings. The molecule has 0 unspecified atom stereocenters. The molecule has 18 heavy (non-hydrogen) atoms. The number of carbonyl (C=O) groups is 2. The number of hydrogen-bond acceptors (Lipinski definition) is 2. The van der Waals surface area contributed by atoms with Gasteiger partial charge in [0.1, 0.15) is 0 Å². The van der Waals surface area contributed by atoms with Crippen molar-refractivity contribution in [1.29, 1.82) is 0 Å². The van der Waals surface area contributed by atoms with Crippen molar-refractivity contribution in [2.45, 2.75) is 13.8 Å². The maximum absolute atomic E-state index is 11.8. The van der Waals surface area contributed by atoms with Gasteiger partial charge in [-0.1, -0.05) is 6.07 Å². The maximum Gasteiger partial charge on any atom is 0.251 e. The molecule has 1 N–H and O–H groups in total. The van der Waals surface area contributed by atoms with Gasteiger partial charge in [-0.3, -0.25) is 9.59 Å². The first-order valence-electron chi connectivity index (χ1n) is 5.90. The minimum Gasteiger partial charge on any atom is -0.343 e. The Morgan fingerprint density at radius 1 is 1.28 bits per heavy atom. The van der Waals surface area contributed by atoms with Gasteiger partial charge >= 0.3 is 0 Å². The molecule has 0 aliphatic heterocycles. The van der Waals surface area contributed by atoms with Gasteiger partial charge in [0.15, 0.2) is 0 Å². The second-order valence-corrected chi connectivity index (χ2v) is 5.00. The predicted octanol–water partition coefficient (Wildman–Crippen LogP) is 1.89. The van der Waals surface area contributed by atoms with E-state index in [4.69, 9.17) is 0 Å². The highest BCUT2D eigenvalue weighted by Crippen LogP contribution is 2.07. The van der Waals surface area contributed by atoms with E-state index in [9.17, 15) is 9.59 Å². The molecule has 4 nitrogen and oxygen atoms in total. The summed E-state index contributed by atoms with van der Waals surface area (Å²) in [6.45, 7) is 5.21. The topological polar surface area (TPSA) is 49.4 Å². The highest BCUT2D eigenvalue weighted by Gasteiger charge is 2.12. The first-order chi connectivity index (χ1) is 8.58. The van der Waals surface area contributed by atoms with Crippen LogP contribution in [0.2, 0.25) is 0 Å². The van der Waals surface area contributed by atoms with E-state index in [1.165, 1.54) is 0 Å². The third-order valence-corrected chi connectivity index (χ3v) is 3.27. The fourth-order valence-corrected chi connectivity index (χ4v) is 2.12. The predicted molar refractivity (Wildman–Crippen MR) is 79.4 cm³/mol. The summed E-state index contributed by atoms with van der Waals surface area (Å²) in [4.78, 5) is 25.2. The van der Waals surface area contributed by atoms with E-state index >= 15 is 0 Å². The van der Waals surface area contributed by atoms with Crippen molar-refractivity contribution >= 4 is 34.4 Å². The zero-order valence-corrected chi connectivity index (χ0v) is 12.7. The second kappa shape index (κ2) is 7.35. The Kier molecular flexibility index (Phi) is 6.11. The van der Waals surface area contributed by atoms with Crippen LogP contribution in [0.5, 0.6) is 0 Å². The van der Waals surface area contributed by atoms with Crippen LogP contribution in [0.25, 0.3) is 0 Å². The van der Waals surface area contributed by atoms with Crippen LogP contribution in [-0.2, 0) is 4.79 Å². The smallest absolute Gasteiger partial charge is 0.251 e. The van der Waals surface area contributed by atoms with Crippen LogP contribution in [0.3, 0.4) is 0 Å². The van der Waals surface area contributed by atoms with Crippen molar-refractivity contribution in [1.82, 2.24) is 10.2 Å². The van der Waals surface area contributed by atoms with E-state index in [0.717, 1.165) is 3.57 Å². The molecule has 0 aliphatic carbocycles. The number of benzene rings is 1. The number of likely N-dealkylation sites (N-methyl/N-ethyl adjacent to an activating group) is 1. The first-order valence-corrected chi connectivity index (χ1v) is 6.97. The van der Waals surface area contributed by atoms with Crippen LogP contribution in [0, 0.1) is 3.57 Å². The minimum atomic E-state index is -0.214. The van der Waals surface area contributed by atoms with E-state index in [0.29, 0.717) is 18.7 Å². The molecule has 2 amide bonds. The molecule has 0 radical (unpaired) electrons. The van der Waals surface area contributed by atoms with E-state index in [1.807, 2.05) is 26.0 Å². The highest BCUT2D eigenvalue weighted by atomic mass is 127. The average molecular weight is 360 g/mol. The molecule has 0 saturated heterocycles. The number of nitrogens with zero attached hydrogens (tertiary/aromatic N) is 1. The van der Waals surface area contributed by atoms with Crippen molar-refractivity contribution in [3.63, 3.8) is 0 Å².